The minimum atomic E-state index is -0.172. The van der Waals surface area contributed by atoms with Gasteiger partial charge in [0.15, 0.2) is 0 Å². The summed E-state index contributed by atoms with van der Waals surface area (Å²) in [6.07, 6.45) is 1.50. The van der Waals surface area contributed by atoms with Crippen molar-refractivity contribution < 1.29 is 4.79 Å². The summed E-state index contributed by atoms with van der Waals surface area (Å²) in [6.45, 7) is 3.38. The lowest BCUT2D eigenvalue weighted by Crippen LogP contribution is -2.26. The van der Waals surface area contributed by atoms with E-state index in [0.29, 0.717) is 29.7 Å². The van der Waals surface area contributed by atoms with E-state index in [0.717, 1.165) is 29.8 Å². The third-order valence-corrected chi connectivity index (χ3v) is 4.98. The van der Waals surface area contributed by atoms with E-state index in [9.17, 15) is 9.59 Å². The van der Waals surface area contributed by atoms with Crippen LogP contribution in [-0.2, 0) is 17.8 Å². The number of fused-ring (bicyclic) bond motifs is 2. The molecule has 0 aliphatic carbocycles. The summed E-state index contributed by atoms with van der Waals surface area (Å²) in [6, 6.07) is 15.2. The maximum Gasteiger partial charge on any atom is 0.258 e. The quantitative estimate of drug-likeness (QED) is 0.475. The van der Waals surface area contributed by atoms with Gasteiger partial charge in [-0.25, -0.2) is 9.97 Å². The van der Waals surface area contributed by atoms with Crippen molar-refractivity contribution in [2.75, 3.05) is 6.54 Å². The molecule has 2 aromatic heterocycles. The van der Waals surface area contributed by atoms with Gasteiger partial charge in [-0.05, 0) is 37.6 Å². The number of aromatic amines is 1. The number of nitrogens with zero attached hydrogens (tertiary/aromatic N) is 3. The molecule has 0 radical (unpaired) electrons. The third-order valence-electron chi connectivity index (χ3n) is 4.98. The van der Waals surface area contributed by atoms with Gasteiger partial charge in [0, 0.05) is 25.9 Å². The van der Waals surface area contributed by atoms with Gasteiger partial charge in [-0.15, -0.1) is 0 Å². The lowest BCUT2D eigenvalue weighted by atomic mass is 10.2. The summed E-state index contributed by atoms with van der Waals surface area (Å²) in [7, 11) is 0. The molecule has 29 heavy (non-hydrogen) atoms. The van der Waals surface area contributed by atoms with Crippen molar-refractivity contribution in [1.82, 2.24) is 24.8 Å². The molecular formula is C22H23N5O2. The van der Waals surface area contributed by atoms with Crippen LogP contribution in [0, 0.1) is 6.92 Å². The summed E-state index contributed by atoms with van der Waals surface area (Å²) < 4.78 is 2.17. The first-order chi connectivity index (χ1) is 14.1. The number of H-pyrrole nitrogens is 1. The lowest BCUT2D eigenvalue weighted by Gasteiger charge is -2.08. The summed E-state index contributed by atoms with van der Waals surface area (Å²) in [5.41, 5.74) is 2.58. The SMILES string of the molecule is Cc1nc2ccccc2n1CCCNC(=O)CCc1nc2ccccc2c(=O)[nH]1. The molecule has 2 aromatic carbocycles. The summed E-state index contributed by atoms with van der Waals surface area (Å²) in [5, 5.41) is 3.50. The standard InChI is InChI=1S/C22H23N5O2/c1-15-24-18-9-4-5-10-19(18)27(15)14-6-13-23-21(28)12-11-20-25-17-8-3-2-7-16(17)22(29)26-20/h2-5,7-10H,6,11-14H2,1H3,(H,23,28)(H,25,26,29). The molecule has 2 N–H and O–H groups in total. The normalized spacial score (nSPS) is 11.2. The van der Waals surface area contributed by atoms with Gasteiger partial charge in [0.1, 0.15) is 11.6 Å². The number of nitrogens with one attached hydrogen (secondary N) is 2. The van der Waals surface area contributed by atoms with Crippen molar-refractivity contribution in [2.24, 2.45) is 0 Å². The number of rotatable bonds is 7. The van der Waals surface area contributed by atoms with E-state index in [2.05, 4.69) is 30.9 Å². The molecule has 7 nitrogen and oxygen atoms in total. The number of carbonyl (C=O) groups is 1. The highest BCUT2D eigenvalue weighted by Crippen LogP contribution is 2.15. The largest absolute Gasteiger partial charge is 0.356 e. The van der Waals surface area contributed by atoms with Crippen LogP contribution in [0.2, 0.25) is 0 Å². The Morgan fingerprint density at radius 2 is 1.83 bits per heavy atom. The third kappa shape index (κ3) is 4.18. The molecule has 4 rings (SSSR count). The number of benzene rings is 2. The number of hydrogen-bond acceptors (Lipinski definition) is 4. The first kappa shape index (κ1) is 18.9. The van der Waals surface area contributed by atoms with Crippen molar-refractivity contribution in [1.29, 1.82) is 0 Å². The van der Waals surface area contributed by atoms with Crippen molar-refractivity contribution in [3.8, 4) is 0 Å². The van der Waals surface area contributed by atoms with E-state index in [1.165, 1.54) is 0 Å². The van der Waals surface area contributed by atoms with Crippen molar-refractivity contribution in [3.63, 3.8) is 0 Å². The Hall–Kier alpha value is -3.48. The minimum absolute atomic E-state index is 0.0481. The second-order valence-electron chi connectivity index (χ2n) is 7.03. The summed E-state index contributed by atoms with van der Waals surface area (Å²) in [5.74, 6) is 1.46. The van der Waals surface area contributed by atoms with Gasteiger partial charge in [0.2, 0.25) is 5.91 Å². The number of aromatic nitrogens is 4. The van der Waals surface area contributed by atoms with Crippen LogP contribution in [0.1, 0.15) is 24.5 Å². The zero-order valence-electron chi connectivity index (χ0n) is 16.3. The highest BCUT2D eigenvalue weighted by atomic mass is 16.1. The van der Waals surface area contributed by atoms with E-state index >= 15 is 0 Å². The first-order valence-electron chi connectivity index (χ1n) is 9.78. The Bertz CT molecular complexity index is 1220. The Morgan fingerprint density at radius 1 is 1.07 bits per heavy atom. The smallest absolute Gasteiger partial charge is 0.258 e. The molecule has 1 amide bonds. The number of para-hydroxylation sites is 3. The first-order valence-corrected chi connectivity index (χ1v) is 9.78. The second kappa shape index (κ2) is 8.26. The minimum Gasteiger partial charge on any atom is -0.356 e. The van der Waals surface area contributed by atoms with Crippen LogP contribution < -0.4 is 10.9 Å². The van der Waals surface area contributed by atoms with Gasteiger partial charge >= 0.3 is 0 Å². The monoisotopic (exact) mass is 389 g/mol. The van der Waals surface area contributed by atoms with Gasteiger partial charge in [-0.2, -0.15) is 0 Å². The molecule has 0 fully saturated rings. The Kier molecular flexibility index (Phi) is 5.37. The maximum atomic E-state index is 12.2. The highest BCUT2D eigenvalue weighted by molar-refractivity contribution is 5.78. The van der Waals surface area contributed by atoms with Crippen LogP contribution in [-0.4, -0.2) is 32.0 Å². The average Bonchev–Trinajstić information content (AvgIpc) is 3.05. The van der Waals surface area contributed by atoms with Gasteiger partial charge in [0.25, 0.3) is 5.56 Å². The lowest BCUT2D eigenvalue weighted by molar-refractivity contribution is -0.121. The van der Waals surface area contributed by atoms with E-state index in [1.807, 2.05) is 31.2 Å². The van der Waals surface area contributed by atoms with Crippen LogP contribution >= 0.6 is 0 Å². The van der Waals surface area contributed by atoms with Crippen LogP contribution in [0.3, 0.4) is 0 Å². The number of aryl methyl sites for hydroxylation is 3. The molecule has 0 unspecified atom stereocenters. The molecule has 0 bridgehead atoms. The topological polar surface area (TPSA) is 92.7 Å². The molecule has 0 saturated heterocycles. The fourth-order valence-electron chi connectivity index (χ4n) is 3.52. The van der Waals surface area contributed by atoms with Gasteiger partial charge in [-0.3, -0.25) is 9.59 Å². The molecule has 0 aliphatic heterocycles. The zero-order chi connectivity index (χ0) is 20.2. The van der Waals surface area contributed by atoms with E-state index in [-0.39, 0.29) is 17.9 Å². The molecule has 148 valence electrons. The Balaban J connectivity index is 1.27. The fourth-order valence-corrected chi connectivity index (χ4v) is 3.52. The molecule has 2 heterocycles. The van der Waals surface area contributed by atoms with Crippen molar-refractivity contribution in [3.05, 3.63) is 70.5 Å². The molecule has 0 aliphatic rings. The van der Waals surface area contributed by atoms with Gasteiger partial charge in [0.05, 0.1) is 21.9 Å². The Labute approximate surface area is 167 Å². The number of imidazole rings is 1. The van der Waals surface area contributed by atoms with Crippen molar-refractivity contribution in [2.45, 2.75) is 32.7 Å². The van der Waals surface area contributed by atoms with E-state index in [1.54, 1.807) is 18.2 Å². The van der Waals surface area contributed by atoms with E-state index in [4.69, 9.17) is 0 Å². The molecular weight excluding hydrogens is 366 g/mol. The van der Waals surface area contributed by atoms with Crippen LogP contribution in [0.4, 0.5) is 0 Å². The molecule has 0 saturated carbocycles. The predicted molar refractivity (Wildman–Crippen MR) is 113 cm³/mol. The number of amides is 1. The molecule has 7 heteroatoms. The Morgan fingerprint density at radius 3 is 2.69 bits per heavy atom. The predicted octanol–water partition coefficient (Wildman–Crippen LogP) is 2.72. The van der Waals surface area contributed by atoms with Crippen LogP contribution in [0.25, 0.3) is 21.9 Å². The number of carbonyl (C=O) groups excluding carboxylic acids is 1. The van der Waals surface area contributed by atoms with Gasteiger partial charge < -0.3 is 14.9 Å². The van der Waals surface area contributed by atoms with Gasteiger partial charge in [-0.1, -0.05) is 24.3 Å². The molecule has 4 aromatic rings. The average molecular weight is 389 g/mol. The van der Waals surface area contributed by atoms with Crippen molar-refractivity contribution >= 4 is 27.8 Å². The maximum absolute atomic E-state index is 12.2. The zero-order valence-corrected chi connectivity index (χ0v) is 16.3. The highest BCUT2D eigenvalue weighted by Gasteiger charge is 2.08. The summed E-state index contributed by atoms with van der Waals surface area (Å²) >= 11 is 0. The fraction of sp³-hybridized carbons (Fsp3) is 0.273. The molecule has 0 spiro atoms. The van der Waals surface area contributed by atoms with Crippen LogP contribution in [0.5, 0.6) is 0 Å². The second-order valence-corrected chi connectivity index (χ2v) is 7.03. The summed E-state index contributed by atoms with van der Waals surface area (Å²) in [4.78, 5) is 36.0. The molecule has 0 atom stereocenters. The number of hydrogen-bond donors (Lipinski definition) is 2. The van der Waals surface area contributed by atoms with Crippen LogP contribution in [0.15, 0.2) is 53.3 Å². The van der Waals surface area contributed by atoms with E-state index < -0.39 is 0 Å².